The van der Waals surface area contributed by atoms with Crippen molar-refractivity contribution in [2.45, 2.75) is 45.6 Å². The second kappa shape index (κ2) is 11.2. The molecule has 0 aromatic heterocycles. The fraction of sp³-hybridized carbons (Fsp3) is 0.632. The number of hydrogen-bond donors (Lipinski definition) is 2. The first kappa shape index (κ1) is 21.6. The maximum absolute atomic E-state index is 12.4. The maximum Gasteiger partial charge on any atom is 0.223 e. The number of hydrogen-bond acceptors (Lipinski definition) is 4. The second-order valence-corrected chi connectivity index (χ2v) is 6.37. The molecule has 0 spiro atoms. The van der Waals surface area contributed by atoms with Crippen LogP contribution in [0.4, 0.5) is 0 Å². The molecule has 5 nitrogen and oxygen atoms in total. The second-order valence-electron chi connectivity index (χ2n) is 6.37. The summed E-state index contributed by atoms with van der Waals surface area (Å²) in [6, 6.07) is 5.83. The highest BCUT2D eigenvalue weighted by molar-refractivity contribution is 5.85. The molecule has 0 saturated carbocycles. The van der Waals surface area contributed by atoms with Gasteiger partial charge in [0.25, 0.3) is 0 Å². The Hall–Kier alpha value is -1.46. The van der Waals surface area contributed by atoms with Crippen molar-refractivity contribution in [1.29, 1.82) is 0 Å². The first-order valence-corrected chi connectivity index (χ1v) is 8.97. The highest BCUT2D eigenvalue weighted by Crippen LogP contribution is 2.30. The lowest BCUT2D eigenvalue weighted by atomic mass is 9.96. The molecule has 1 fully saturated rings. The molecule has 142 valence electrons. The van der Waals surface area contributed by atoms with Crippen molar-refractivity contribution in [3.63, 3.8) is 0 Å². The predicted molar refractivity (Wildman–Crippen MR) is 103 cm³/mol. The van der Waals surface area contributed by atoms with Gasteiger partial charge < -0.3 is 20.1 Å². The molecule has 1 heterocycles. The zero-order chi connectivity index (χ0) is 17.4. The Bertz CT molecular complexity index is 533. The van der Waals surface area contributed by atoms with E-state index in [1.54, 1.807) is 7.11 Å². The average molecular weight is 371 g/mol. The van der Waals surface area contributed by atoms with Gasteiger partial charge in [0, 0.05) is 5.92 Å². The number of carbonyl (C=O) groups excluding carboxylic acids is 1. The number of carbonyl (C=O) groups is 1. The van der Waals surface area contributed by atoms with E-state index >= 15 is 0 Å². The summed E-state index contributed by atoms with van der Waals surface area (Å²) in [4.78, 5) is 12.4. The Morgan fingerprint density at radius 2 is 2.04 bits per heavy atom. The van der Waals surface area contributed by atoms with Gasteiger partial charge in [0.2, 0.25) is 5.91 Å². The summed E-state index contributed by atoms with van der Waals surface area (Å²) in [7, 11) is 1.64. The van der Waals surface area contributed by atoms with Gasteiger partial charge in [0.1, 0.15) is 0 Å². The lowest BCUT2D eigenvalue weighted by Gasteiger charge is -2.24. The SMILES string of the molecule is CCCCOc1ccc(C(C)NC(=O)C2CCNCC2)cc1OC.Cl. The van der Waals surface area contributed by atoms with Crippen molar-refractivity contribution >= 4 is 18.3 Å². The van der Waals surface area contributed by atoms with Gasteiger partial charge >= 0.3 is 0 Å². The fourth-order valence-corrected chi connectivity index (χ4v) is 2.90. The van der Waals surface area contributed by atoms with Crippen molar-refractivity contribution in [3.8, 4) is 11.5 Å². The summed E-state index contributed by atoms with van der Waals surface area (Å²) in [5, 5.41) is 6.41. The van der Waals surface area contributed by atoms with Crippen LogP contribution < -0.4 is 20.1 Å². The van der Waals surface area contributed by atoms with E-state index < -0.39 is 0 Å². The number of benzene rings is 1. The van der Waals surface area contributed by atoms with E-state index in [0.29, 0.717) is 12.4 Å². The minimum atomic E-state index is -0.0500. The highest BCUT2D eigenvalue weighted by atomic mass is 35.5. The molecule has 0 radical (unpaired) electrons. The molecule has 1 amide bonds. The van der Waals surface area contributed by atoms with Crippen LogP contribution in [-0.2, 0) is 4.79 Å². The first-order valence-electron chi connectivity index (χ1n) is 8.97. The van der Waals surface area contributed by atoms with Crippen LogP contribution in [0.2, 0.25) is 0 Å². The molecule has 1 atom stereocenters. The number of piperidine rings is 1. The normalized spacial score (nSPS) is 15.8. The Morgan fingerprint density at radius 1 is 1.32 bits per heavy atom. The van der Waals surface area contributed by atoms with Crippen molar-refractivity contribution < 1.29 is 14.3 Å². The monoisotopic (exact) mass is 370 g/mol. The third-order valence-corrected chi connectivity index (χ3v) is 4.51. The quantitative estimate of drug-likeness (QED) is 0.688. The van der Waals surface area contributed by atoms with Gasteiger partial charge in [0.05, 0.1) is 19.8 Å². The zero-order valence-electron chi connectivity index (χ0n) is 15.5. The Kier molecular flexibility index (Phi) is 9.68. The molecular weight excluding hydrogens is 340 g/mol. The predicted octanol–water partition coefficient (Wildman–Crippen LogP) is 3.47. The molecule has 1 aliphatic heterocycles. The van der Waals surface area contributed by atoms with Crippen LogP contribution in [0.25, 0.3) is 0 Å². The Labute approximate surface area is 157 Å². The van der Waals surface area contributed by atoms with E-state index in [-0.39, 0.29) is 30.3 Å². The third kappa shape index (κ3) is 6.40. The minimum Gasteiger partial charge on any atom is -0.493 e. The van der Waals surface area contributed by atoms with E-state index in [9.17, 15) is 4.79 Å². The van der Waals surface area contributed by atoms with Crippen LogP contribution in [-0.4, -0.2) is 32.7 Å². The molecule has 1 aromatic rings. The summed E-state index contributed by atoms with van der Waals surface area (Å²) < 4.78 is 11.2. The molecule has 2 rings (SSSR count). The van der Waals surface area contributed by atoms with Crippen LogP contribution >= 0.6 is 12.4 Å². The summed E-state index contributed by atoms with van der Waals surface area (Å²) >= 11 is 0. The van der Waals surface area contributed by atoms with Gasteiger partial charge in [-0.15, -0.1) is 12.4 Å². The lowest BCUT2D eigenvalue weighted by Crippen LogP contribution is -2.39. The van der Waals surface area contributed by atoms with Crippen molar-refractivity contribution in [3.05, 3.63) is 23.8 Å². The van der Waals surface area contributed by atoms with E-state index in [0.717, 1.165) is 50.1 Å². The molecule has 0 aliphatic carbocycles. The van der Waals surface area contributed by atoms with Gasteiger partial charge in [-0.25, -0.2) is 0 Å². The highest BCUT2D eigenvalue weighted by Gasteiger charge is 2.22. The number of amides is 1. The van der Waals surface area contributed by atoms with Gasteiger partial charge in [0.15, 0.2) is 11.5 Å². The number of unbranched alkanes of at least 4 members (excludes halogenated alkanes) is 1. The summed E-state index contributed by atoms with van der Waals surface area (Å²) in [5.41, 5.74) is 1.02. The third-order valence-electron chi connectivity index (χ3n) is 4.51. The van der Waals surface area contributed by atoms with Crippen LogP contribution in [0.15, 0.2) is 18.2 Å². The smallest absolute Gasteiger partial charge is 0.223 e. The number of rotatable bonds is 8. The van der Waals surface area contributed by atoms with E-state index in [4.69, 9.17) is 9.47 Å². The van der Waals surface area contributed by atoms with Crippen molar-refractivity contribution in [2.24, 2.45) is 5.92 Å². The molecule has 1 aliphatic rings. The largest absolute Gasteiger partial charge is 0.493 e. The molecule has 25 heavy (non-hydrogen) atoms. The average Bonchev–Trinajstić information content (AvgIpc) is 2.62. The molecular formula is C19H31ClN2O3. The summed E-state index contributed by atoms with van der Waals surface area (Å²) in [6.45, 7) is 6.67. The zero-order valence-corrected chi connectivity index (χ0v) is 16.3. The van der Waals surface area contributed by atoms with Gasteiger partial charge in [-0.05, 0) is 57.0 Å². The van der Waals surface area contributed by atoms with Gasteiger partial charge in [-0.3, -0.25) is 4.79 Å². The molecule has 6 heteroatoms. The number of halogens is 1. The van der Waals surface area contributed by atoms with Gasteiger partial charge in [-0.2, -0.15) is 0 Å². The Morgan fingerprint density at radius 3 is 2.68 bits per heavy atom. The molecule has 1 unspecified atom stereocenters. The molecule has 1 saturated heterocycles. The minimum absolute atomic E-state index is 0. The van der Waals surface area contributed by atoms with Crippen LogP contribution in [0.5, 0.6) is 11.5 Å². The number of methoxy groups -OCH3 is 1. The lowest BCUT2D eigenvalue weighted by molar-refractivity contribution is -0.126. The summed E-state index contributed by atoms with van der Waals surface area (Å²) in [6.07, 6.45) is 3.94. The van der Waals surface area contributed by atoms with Crippen molar-refractivity contribution in [1.82, 2.24) is 10.6 Å². The Balaban J connectivity index is 0.00000312. The topological polar surface area (TPSA) is 59.6 Å². The van der Waals surface area contributed by atoms with Crippen molar-refractivity contribution in [2.75, 3.05) is 26.8 Å². The number of ether oxygens (including phenoxy) is 2. The van der Waals surface area contributed by atoms with E-state index in [1.165, 1.54) is 0 Å². The number of nitrogens with one attached hydrogen (secondary N) is 2. The van der Waals surface area contributed by atoms with Crippen LogP contribution in [0.1, 0.15) is 51.1 Å². The molecule has 1 aromatic carbocycles. The maximum atomic E-state index is 12.4. The molecule has 0 bridgehead atoms. The fourth-order valence-electron chi connectivity index (χ4n) is 2.90. The first-order chi connectivity index (χ1) is 11.7. The van der Waals surface area contributed by atoms with E-state index in [1.807, 2.05) is 25.1 Å². The molecule has 2 N–H and O–H groups in total. The summed E-state index contributed by atoms with van der Waals surface area (Å²) in [5.74, 6) is 1.73. The van der Waals surface area contributed by atoms with Gasteiger partial charge in [-0.1, -0.05) is 19.4 Å². The van der Waals surface area contributed by atoms with E-state index in [2.05, 4.69) is 17.6 Å². The van der Waals surface area contributed by atoms with Crippen LogP contribution in [0.3, 0.4) is 0 Å². The standard InChI is InChI=1S/C19H30N2O3.ClH/c1-4-5-12-24-17-7-6-16(13-18(17)23-3)14(2)21-19(22)15-8-10-20-11-9-15;/h6-7,13-15,20H,4-5,8-12H2,1-3H3,(H,21,22);1H. The van der Waals surface area contributed by atoms with Crippen LogP contribution in [0, 0.1) is 5.92 Å².